The summed E-state index contributed by atoms with van der Waals surface area (Å²) >= 11 is 0. The van der Waals surface area contributed by atoms with Crippen LogP contribution in [-0.4, -0.2) is 16.6 Å². The van der Waals surface area contributed by atoms with Crippen molar-refractivity contribution in [2.45, 2.75) is 32.2 Å². The summed E-state index contributed by atoms with van der Waals surface area (Å²) in [6.07, 6.45) is 5.21. The van der Waals surface area contributed by atoms with E-state index < -0.39 is 11.5 Å². The second-order valence-corrected chi connectivity index (χ2v) is 2.78. The predicted molar refractivity (Wildman–Crippen MR) is 44.3 cm³/mol. The Balaban J connectivity index is 4.00. The fraction of sp³-hybridized carbons (Fsp3) is 0.625. The Morgan fingerprint density at radius 3 is 2.64 bits per heavy atom. The maximum Gasteiger partial charge on any atom is 0.327 e. The Morgan fingerprint density at radius 2 is 2.27 bits per heavy atom. The monoisotopic (exact) mass is 157 g/mol. The average molecular weight is 157 g/mol. The molecule has 0 bridgehead atoms. The molecule has 0 aliphatic heterocycles. The van der Waals surface area contributed by atoms with Gasteiger partial charge in [-0.3, -0.25) is 0 Å². The zero-order chi connectivity index (χ0) is 8.91. The largest absolute Gasteiger partial charge is 0.480 e. The fourth-order valence-corrected chi connectivity index (χ4v) is 0.566. The lowest BCUT2D eigenvalue weighted by Crippen LogP contribution is -2.42. The van der Waals surface area contributed by atoms with Crippen LogP contribution in [0.15, 0.2) is 12.2 Å². The molecule has 0 aromatic heterocycles. The molecule has 0 aromatic rings. The van der Waals surface area contributed by atoms with Gasteiger partial charge in [-0.15, -0.1) is 0 Å². The third-order valence-electron chi connectivity index (χ3n) is 1.38. The third kappa shape index (κ3) is 3.78. The first kappa shape index (κ1) is 10.2. The molecular weight excluding hydrogens is 142 g/mol. The molecule has 0 rings (SSSR count). The first-order valence-electron chi connectivity index (χ1n) is 3.70. The van der Waals surface area contributed by atoms with E-state index >= 15 is 0 Å². The molecule has 3 N–H and O–H groups in total. The molecule has 0 aliphatic rings. The van der Waals surface area contributed by atoms with Gasteiger partial charge in [0.25, 0.3) is 0 Å². The summed E-state index contributed by atoms with van der Waals surface area (Å²) in [5, 5.41) is 8.56. The lowest BCUT2D eigenvalue weighted by atomic mass is 10.0. The summed E-state index contributed by atoms with van der Waals surface area (Å²) in [4.78, 5) is 10.4. The molecule has 0 unspecified atom stereocenters. The van der Waals surface area contributed by atoms with Crippen LogP contribution in [0.5, 0.6) is 0 Å². The van der Waals surface area contributed by atoms with Gasteiger partial charge >= 0.3 is 5.97 Å². The number of aliphatic carboxylic acids is 1. The highest BCUT2D eigenvalue weighted by Crippen LogP contribution is 2.02. The summed E-state index contributed by atoms with van der Waals surface area (Å²) in [7, 11) is 0. The summed E-state index contributed by atoms with van der Waals surface area (Å²) in [5.74, 6) is -0.996. The quantitative estimate of drug-likeness (QED) is 0.601. The Hall–Kier alpha value is -0.830. The number of allylic oxidation sites excluding steroid dienone is 1. The standard InChI is InChI=1S/C8H15NO2/c1-3-4-5-6-8(2,9)7(10)11/h5-6H,3-4,9H2,1-2H3,(H,10,11)/t8-/m1/s1. The predicted octanol–water partition coefficient (Wildman–Crippen LogP) is 1.14. The van der Waals surface area contributed by atoms with Crippen molar-refractivity contribution in [2.75, 3.05) is 0 Å². The second kappa shape index (κ2) is 4.13. The van der Waals surface area contributed by atoms with Gasteiger partial charge in [0, 0.05) is 0 Å². The van der Waals surface area contributed by atoms with Gasteiger partial charge in [-0.25, -0.2) is 4.79 Å². The normalized spacial score (nSPS) is 16.6. The van der Waals surface area contributed by atoms with E-state index in [2.05, 4.69) is 0 Å². The molecule has 0 heterocycles. The van der Waals surface area contributed by atoms with Crippen molar-refractivity contribution in [3.8, 4) is 0 Å². The Bertz CT molecular complexity index is 161. The molecule has 0 saturated heterocycles. The minimum Gasteiger partial charge on any atom is -0.480 e. The van der Waals surface area contributed by atoms with Crippen molar-refractivity contribution in [3.05, 3.63) is 12.2 Å². The number of carbonyl (C=O) groups is 1. The first-order chi connectivity index (χ1) is 5.00. The molecule has 0 radical (unpaired) electrons. The topological polar surface area (TPSA) is 63.3 Å². The number of hydrogen-bond acceptors (Lipinski definition) is 2. The molecule has 3 heteroatoms. The van der Waals surface area contributed by atoms with Gasteiger partial charge in [0.1, 0.15) is 5.54 Å². The van der Waals surface area contributed by atoms with E-state index in [-0.39, 0.29) is 0 Å². The highest BCUT2D eigenvalue weighted by atomic mass is 16.4. The Labute approximate surface area is 66.9 Å². The van der Waals surface area contributed by atoms with E-state index in [0.29, 0.717) is 0 Å². The molecular formula is C8H15NO2. The number of nitrogens with two attached hydrogens (primary N) is 1. The van der Waals surface area contributed by atoms with E-state index in [1.54, 1.807) is 6.08 Å². The van der Waals surface area contributed by atoms with Crippen LogP contribution in [0.4, 0.5) is 0 Å². The maximum atomic E-state index is 10.4. The van der Waals surface area contributed by atoms with Crippen LogP contribution in [0.1, 0.15) is 26.7 Å². The van der Waals surface area contributed by atoms with Crippen LogP contribution in [0, 0.1) is 0 Å². The summed E-state index contributed by atoms with van der Waals surface area (Å²) in [5.41, 5.74) is 4.20. The second-order valence-electron chi connectivity index (χ2n) is 2.78. The van der Waals surface area contributed by atoms with E-state index in [1.807, 2.05) is 6.92 Å². The Kier molecular flexibility index (Phi) is 3.82. The van der Waals surface area contributed by atoms with Gasteiger partial charge in [0.2, 0.25) is 0 Å². The van der Waals surface area contributed by atoms with Crippen LogP contribution in [0.2, 0.25) is 0 Å². The molecule has 0 fully saturated rings. The van der Waals surface area contributed by atoms with E-state index in [4.69, 9.17) is 10.8 Å². The lowest BCUT2D eigenvalue weighted by Gasteiger charge is -2.12. The zero-order valence-corrected chi connectivity index (χ0v) is 7.00. The SMILES string of the molecule is CCCC=C[C@@](C)(N)C(=O)O. The van der Waals surface area contributed by atoms with Crippen molar-refractivity contribution in [1.29, 1.82) is 0 Å². The van der Waals surface area contributed by atoms with Gasteiger partial charge in [0.05, 0.1) is 0 Å². The van der Waals surface area contributed by atoms with E-state index in [1.165, 1.54) is 13.0 Å². The minimum absolute atomic E-state index is 0.875. The minimum atomic E-state index is -1.21. The molecule has 0 saturated carbocycles. The van der Waals surface area contributed by atoms with Gasteiger partial charge in [-0.2, -0.15) is 0 Å². The van der Waals surface area contributed by atoms with Crippen LogP contribution >= 0.6 is 0 Å². The molecule has 11 heavy (non-hydrogen) atoms. The first-order valence-corrected chi connectivity index (χ1v) is 3.70. The maximum absolute atomic E-state index is 10.4. The number of rotatable bonds is 4. The molecule has 64 valence electrons. The van der Waals surface area contributed by atoms with Crippen molar-refractivity contribution in [1.82, 2.24) is 0 Å². The zero-order valence-electron chi connectivity index (χ0n) is 7.00. The molecule has 0 spiro atoms. The molecule has 0 aliphatic carbocycles. The van der Waals surface area contributed by atoms with E-state index in [9.17, 15) is 4.79 Å². The van der Waals surface area contributed by atoms with Gasteiger partial charge < -0.3 is 10.8 Å². The molecule has 0 aromatic carbocycles. The van der Waals surface area contributed by atoms with Crippen molar-refractivity contribution in [2.24, 2.45) is 5.73 Å². The summed E-state index contributed by atoms with van der Waals surface area (Å²) < 4.78 is 0. The summed E-state index contributed by atoms with van der Waals surface area (Å²) in [6, 6.07) is 0. The van der Waals surface area contributed by atoms with Gasteiger partial charge in [-0.1, -0.05) is 25.5 Å². The van der Waals surface area contributed by atoms with Crippen molar-refractivity contribution in [3.63, 3.8) is 0 Å². The van der Waals surface area contributed by atoms with Gasteiger partial charge in [0.15, 0.2) is 0 Å². The molecule has 0 amide bonds. The average Bonchev–Trinajstić information content (AvgIpc) is 1.88. The van der Waals surface area contributed by atoms with Crippen LogP contribution in [0.25, 0.3) is 0 Å². The third-order valence-corrected chi connectivity index (χ3v) is 1.38. The number of hydrogen-bond donors (Lipinski definition) is 2. The van der Waals surface area contributed by atoms with Crippen LogP contribution in [-0.2, 0) is 4.79 Å². The molecule has 1 atom stereocenters. The number of carboxylic acids is 1. The van der Waals surface area contributed by atoms with Crippen LogP contribution in [0.3, 0.4) is 0 Å². The number of carboxylic acid groups (broad SMARTS) is 1. The number of unbranched alkanes of at least 4 members (excludes halogenated alkanes) is 1. The highest BCUT2D eigenvalue weighted by molar-refractivity contribution is 5.80. The van der Waals surface area contributed by atoms with Gasteiger partial charge in [-0.05, 0) is 13.3 Å². The summed E-state index contributed by atoms with van der Waals surface area (Å²) in [6.45, 7) is 3.50. The lowest BCUT2D eigenvalue weighted by molar-refractivity contribution is -0.140. The molecule has 3 nitrogen and oxygen atoms in total. The fourth-order valence-electron chi connectivity index (χ4n) is 0.566. The van der Waals surface area contributed by atoms with Crippen molar-refractivity contribution < 1.29 is 9.90 Å². The van der Waals surface area contributed by atoms with Crippen molar-refractivity contribution >= 4 is 5.97 Å². The smallest absolute Gasteiger partial charge is 0.327 e. The van der Waals surface area contributed by atoms with E-state index in [0.717, 1.165) is 12.8 Å². The Morgan fingerprint density at radius 1 is 1.73 bits per heavy atom. The highest BCUT2D eigenvalue weighted by Gasteiger charge is 2.23. The van der Waals surface area contributed by atoms with Crippen LogP contribution < -0.4 is 5.73 Å².